The van der Waals surface area contributed by atoms with E-state index in [9.17, 15) is 0 Å². The highest BCUT2D eigenvalue weighted by Crippen LogP contribution is 2.33. The molecule has 2 saturated heterocycles. The van der Waals surface area contributed by atoms with Crippen LogP contribution in [0.5, 0.6) is 34.5 Å². The number of fused-ring (bicyclic) bond motifs is 3. The van der Waals surface area contributed by atoms with E-state index >= 15 is 0 Å². The second kappa shape index (κ2) is 10.6. The molecule has 0 bridgehead atoms. The van der Waals surface area contributed by atoms with Gasteiger partial charge in [-0.2, -0.15) is 0 Å². The lowest BCUT2D eigenvalue weighted by Gasteiger charge is -2.26. The number of benzene rings is 6. The predicted octanol–water partition coefficient (Wildman–Crippen LogP) is 8.29. The van der Waals surface area contributed by atoms with E-state index in [4.69, 9.17) is 28.4 Å². The van der Waals surface area contributed by atoms with Gasteiger partial charge in [-0.3, -0.25) is 0 Å². The van der Waals surface area contributed by atoms with Gasteiger partial charge in [0.2, 0.25) is 0 Å². The van der Waals surface area contributed by atoms with Crippen molar-refractivity contribution in [3.8, 4) is 34.5 Å². The maximum absolute atomic E-state index is 6.28. The van der Waals surface area contributed by atoms with Crippen molar-refractivity contribution in [3.05, 3.63) is 109 Å². The van der Waals surface area contributed by atoms with Crippen LogP contribution < -0.4 is 18.9 Å². The van der Waals surface area contributed by atoms with Gasteiger partial charge in [-0.05, 0) is 105 Å². The zero-order chi connectivity index (χ0) is 27.9. The Morgan fingerprint density at radius 3 is 1.31 bits per heavy atom. The van der Waals surface area contributed by atoms with Gasteiger partial charge in [0.1, 0.15) is 53.3 Å². The SMILES string of the molecule is c1cc2ccc(Oc3ccc4ccc(Oc5ccc6ccc(OC7COC7)cc6c5)cc4c3)cc2cc1OCC1CO1. The van der Waals surface area contributed by atoms with Crippen LogP contribution in [0.25, 0.3) is 32.3 Å². The van der Waals surface area contributed by atoms with Crippen molar-refractivity contribution in [2.45, 2.75) is 12.2 Å². The molecule has 0 aromatic heterocycles. The van der Waals surface area contributed by atoms with E-state index in [1.165, 1.54) is 0 Å². The monoisotopic (exact) mass is 556 g/mol. The molecular formula is C36H28O6. The fraction of sp³-hybridized carbons (Fsp3) is 0.167. The first kappa shape index (κ1) is 25.0. The van der Waals surface area contributed by atoms with E-state index in [1.807, 2.05) is 72.8 Å². The molecule has 0 spiro atoms. The molecule has 0 saturated carbocycles. The number of hydrogen-bond acceptors (Lipinski definition) is 6. The number of hydrogen-bond donors (Lipinski definition) is 0. The van der Waals surface area contributed by atoms with Crippen molar-refractivity contribution in [1.82, 2.24) is 0 Å². The van der Waals surface area contributed by atoms with Crippen molar-refractivity contribution < 1.29 is 28.4 Å². The summed E-state index contributed by atoms with van der Waals surface area (Å²) in [5.74, 6) is 4.72. The zero-order valence-electron chi connectivity index (χ0n) is 22.8. The van der Waals surface area contributed by atoms with Crippen LogP contribution in [0, 0.1) is 0 Å². The van der Waals surface area contributed by atoms with Gasteiger partial charge in [0, 0.05) is 0 Å². The summed E-state index contributed by atoms with van der Waals surface area (Å²) in [5.41, 5.74) is 0. The molecule has 6 aromatic carbocycles. The zero-order valence-corrected chi connectivity index (χ0v) is 22.8. The van der Waals surface area contributed by atoms with Crippen LogP contribution in [0.1, 0.15) is 0 Å². The van der Waals surface area contributed by atoms with Crippen LogP contribution in [-0.2, 0) is 9.47 Å². The number of rotatable bonds is 9. The molecule has 208 valence electrons. The first-order valence-electron chi connectivity index (χ1n) is 14.2. The Hall–Kier alpha value is -4.78. The van der Waals surface area contributed by atoms with Crippen LogP contribution in [-0.4, -0.2) is 38.6 Å². The molecule has 0 aliphatic carbocycles. The van der Waals surface area contributed by atoms with Crippen molar-refractivity contribution >= 4 is 32.3 Å². The van der Waals surface area contributed by atoms with Gasteiger partial charge in [-0.15, -0.1) is 0 Å². The van der Waals surface area contributed by atoms with Crippen molar-refractivity contribution in [2.75, 3.05) is 26.4 Å². The molecule has 1 atom stereocenters. The lowest BCUT2D eigenvalue weighted by atomic mass is 10.1. The van der Waals surface area contributed by atoms with Crippen molar-refractivity contribution in [1.29, 1.82) is 0 Å². The van der Waals surface area contributed by atoms with Gasteiger partial charge in [0.05, 0.1) is 19.8 Å². The Kier molecular flexibility index (Phi) is 6.28. The Morgan fingerprint density at radius 1 is 0.476 bits per heavy atom. The topological polar surface area (TPSA) is 58.7 Å². The average molecular weight is 557 g/mol. The third-order valence-electron chi connectivity index (χ3n) is 7.57. The first-order chi connectivity index (χ1) is 20.7. The molecule has 2 aliphatic heterocycles. The molecule has 2 fully saturated rings. The van der Waals surface area contributed by atoms with Gasteiger partial charge in [0.25, 0.3) is 0 Å². The Bertz CT molecular complexity index is 1920. The first-order valence-corrected chi connectivity index (χ1v) is 14.2. The van der Waals surface area contributed by atoms with E-state index in [0.29, 0.717) is 19.8 Å². The van der Waals surface area contributed by atoms with Crippen molar-refractivity contribution in [3.63, 3.8) is 0 Å². The number of epoxide rings is 1. The van der Waals surface area contributed by atoms with Crippen LogP contribution in [0.15, 0.2) is 109 Å². The minimum Gasteiger partial charge on any atom is -0.491 e. The molecule has 8 rings (SSSR count). The lowest BCUT2D eigenvalue weighted by Crippen LogP contribution is -2.38. The molecule has 0 radical (unpaired) electrons. The largest absolute Gasteiger partial charge is 0.491 e. The summed E-state index contributed by atoms with van der Waals surface area (Å²) in [4.78, 5) is 0. The summed E-state index contributed by atoms with van der Waals surface area (Å²) < 4.78 is 34.9. The van der Waals surface area contributed by atoms with E-state index < -0.39 is 0 Å². The highest BCUT2D eigenvalue weighted by molar-refractivity contribution is 5.87. The summed E-state index contributed by atoms with van der Waals surface area (Å²) in [6.07, 6.45) is 0.358. The molecule has 0 amide bonds. The minimum atomic E-state index is 0.134. The smallest absolute Gasteiger partial charge is 0.145 e. The molecule has 42 heavy (non-hydrogen) atoms. The summed E-state index contributed by atoms with van der Waals surface area (Å²) in [7, 11) is 0. The molecular weight excluding hydrogens is 528 g/mol. The van der Waals surface area contributed by atoms with E-state index in [2.05, 4.69) is 36.4 Å². The molecule has 6 heteroatoms. The molecule has 2 aliphatic rings. The van der Waals surface area contributed by atoms with E-state index in [0.717, 1.165) is 73.4 Å². The van der Waals surface area contributed by atoms with Gasteiger partial charge in [-0.1, -0.05) is 36.4 Å². The Morgan fingerprint density at radius 2 is 0.881 bits per heavy atom. The fourth-order valence-corrected chi connectivity index (χ4v) is 5.13. The summed E-state index contributed by atoms with van der Waals surface area (Å²) in [6.45, 7) is 2.65. The second-order valence-electron chi connectivity index (χ2n) is 10.8. The van der Waals surface area contributed by atoms with Crippen LogP contribution in [0.3, 0.4) is 0 Å². The third kappa shape index (κ3) is 5.42. The fourth-order valence-electron chi connectivity index (χ4n) is 5.13. The number of ether oxygens (including phenoxy) is 6. The van der Waals surface area contributed by atoms with Crippen molar-refractivity contribution in [2.24, 2.45) is 0 Å². The summed E-state index contributed by atoms with van der Waals surface area (Å²) >= 11 is 0. The van der Waals surface area contributed by atoms with E-state index in [1.54, 1.807) is 0 Å². The Labute approximate surface area is 242 Å². The highest BCUT2D eigenvalue weighted by atomic mass is 16.6. The van der Waals surface area contributed by atoms with Gasteiger partial charge in [-0.25, -0.2) is 0 Å². The Balaban J connectivity index is 1.00. The molecule has 2 heterocycles. The second-order valence-corrected chi connectivity index (χ2v) is 10.8. The van der Waals surface area contributed by atoms with E-state index in [-0.39, 0.29) is 12.2 Å². The summed E-state index contributed by atoms with van der Waals surface area (Å²) in [5, 5.41) is 6.52. The van der Waals surface area contributed by atoms with Gasteiger partial charge < -0.3 is 28.4 Å². The molecule has 0 N–H and O–H groups in total. The lowest BCUT2D eigenvalue weighted by molar-refractivity contribution is -0.0796. The minimum absolute atomic E-state index is 0.134. The maximum Gasteiger partial charge on any atom is 0.145 e. The standard InChI is InChI=1S/C36H28O6/c1-7-29(38-21-35-22-39-35)13-26-14-30(8-2-23(1)26)40-31-9-3-24-4-10-32(16-27(24)15-31)41-33-11-5-25-6-12-34(18-28(25)17-33)42-36-19-37-20-36/h1-18,35-36H,19-22H2. The summed E-state index contributed by atoms with van der Waals surface area (Å²) in [6, 6.07) is 36.6. The third-order valence-corrected chi connectivity index (χ3v) is 7.57. The average Bonchev–Trinajstić information content (AvgIpc) is 3.82. The highest BCUT2D eigenvalue weighted by Gasteiger charge is 2.23. The van der Waals surface area contributed by atoms with Crippen LogP contribution in [0.4, 0.5) is 0 Å². The predicted molar refractivity (Wildman–Crippen MR) is 162 cm³/mol. The normalized spacial score (nSPS) is 16.3. The van der Waals surface area contributed by atoms with Crippen LogP contribution >= 0.6 is 0 Å². The molecule has 6 nitrogen and oxygen atoms in total. The molecule has 6 aromatic rings. The van der Waals surface area contributed by atoms with Crippen LogP contribution in [0.2, 0.25) is 0 Å². The molecule has 1 unspecified atom stereocenters. The van der Waals surface area contributed by atoms with Gasteiger partial charge >= 0.3 is 0 Å². The van der Waals surface area contributed by atoms with Gasteiger partial charge in [0.15, 0.2) is 0 Å². The quantitative estimate of drug-likeness (QED) is 0.167. The maximum atomic E-state index is 6.28.